The minimum absolute atomic E-state index is 0.176. The van der Waals surface area contributed by atoms with E-state index in [0.717, 1.165) is 58.0 Å². The Balaban J connectivity index is 1.34. The topological polar surface area (TPSA) is 41.0 Å². The molecule has 2 fully saturated rings. The number of para-hydroxylation sites is 2. The van der Waals surface area contributed by atoms with E-state index in [-0.39, 0.29) is 12.0 Å². The third-order valence-corrected chi connectivity index (χ3v) is 6.18. The maximum absolute atomic E-state index is 11.9. The van der Waals surface area contributed by atoms with E-state index in [0.29, 0.717) is 6.42 Å². The van der Waals surface area contributed by atoms with Gasteiger partial charge in [0.25, 0.3) is 0 Å². The van der Waals surface area contributed by atoms with Gasteiger partial charge >= 0.3 is 0 Å². The van der Waals surface area contributed by atoms with E-state index in [4.69, 9.17) is 4.74 Å². The molecular weight excluding hydrogens is 376 g/mol. The van der Waals surface area contributed by atoms with Crippen LogP contribution in [0.1, 0.15) is 38.1 Å². The molecule has 2 saturated heterocycles. The fraction of sp³-hybridized carbons (Fsp3) is 0.542. The molecule has 2 aliphatic heterocycles. The smallest absolute Gasteiger partial charge is 0.222 e. The molecule has 3 heterocycles. The van der Waals surface area contributed by atoms with E-state index in [1.807, 2.05) is 11.0 Å². The number of rotatable bonds is 7. The van der Waals surface area contributed by atoms with E-state index < -0.39 is 0 Å². The Morgan fingerprint density at radius 1 is 0.933 bits per heavy atom. The molecule has 0 aliphatic carbocycles. The normalized spacial score (nSPS) is 17.9. The number of benzene rings is 1. The van der Waals surface area contributed by atoms with Crippen molar-refractivity contribution < 1.29 is 9.53 Å². The van der Waals surface area contributed by atoms with Crippen molar-refractivity contribution in [1.29, 1.82) is 0 Å². The zero-order valence-corrected chi connectivity index (χ0v) is 18.5. The highest BCUT2D eigenvalue weighted by Crippen LogP contribution is 2.30. The van der Waals surface area contributed by atoms with Gasteiger partial charge in [-0.25, -0.2) is 0 Å². The van der Waals surface area contributed by atoms with Gasteiger partial charge in [0.2, 0.25) is 5.91 Å². The van der Waals surface area contributed by atoms with Crippen LogP contribution in [-0.4, -0.2) is 59.1 Å². The molecule has 6 heteroatoms. The number of piperazine rings is 1. The Bertz CT molecular complexity index is 868. The summed E-state index contributed by atoms with van der Waals surface area (Å²) in [7, 11) is 2.13. The second-order valence-electron chi connectivity index (χ2n) is 8.69. The average Bonchev–Trinajstić information content (AvgIpc) is 3.29. The van der Waals surface area contributed by atoms with Crippen molar-refractivity contribution in [2.24, 2.45) is 7.05 Å². The summed E-state index contributed by atoms with van der Waals surface area (Å²) in [6.45, 7) is 10.8. The summed E-state index contributed by atoms with van der Waals surface area (Å²) in [5, 5.41) is 0. The van der Waals surface area contributed by atoms with E-state index in [9.17, 15) is 4.79 Å². The zero-order chi connectivity index (χ0) is 21.1. The minimum atomic E-state index is 0.176. The van der Waals surface area contributed by atoms with Crippen LogP contribution in [0.5, 0.6) is 5.75 Å². The van der Waals surface area contributed by atoms with E-state index >= 15 is 0 Å². The van der Waals surface area contributed by atoms with Crippen molar-refractivity contribution in [3.63, 3.8) is 0 Å². The van der Waals surface area contributed by atoms with Gasteiger partial charge in [0.15, 0.2) is 0 Å². The summed E-state index contributed by atoms with van der Waals surface area (Å²) in [5.41, 5.74) is 3.73. The van der Waals surface area contributed by atoms with Gasteiger partial charge in [-0.15, -0.1) is 0 Å². The number of hydrogen-bond donors (Lipinski definition) is 0. The first kappa shape index (κ1) is 20.8. The first-order valence-electron chi connectivity index (χ1n) is 11.2. The second-order valence-corrected chi connectivity index (χ2v) is 8.69. The molecule has 0 saturated carbocycles. The fourth-order valence-corrected chi connectivity index (χ4v) is 4.43. The van der Waals surface area contributed by atoms with Gasteiger partial charge in [-0.05, 0) is 44.5 Å². The number of nitrogens with zero attached hydrogens (tertiary/aromatic N) is 4. The lowest BCUT2D eigenvalue weighted by atomic mass is 10.2. The third kappa shape index (κ3) is 4.64. The monoisotopic (exact) mass is 410 g/mol. The van der Waals surface area contributed by atoms with Crippen LogP contribution in [0.4, 0.5) is 5.69 Å². The number of likely N-dealkylation sites (tertiary alicyclic amines) is 1. The van der Waals surface area contributed by atoms with E-state index in [2.05, 4.69) is 65.6 Å². The summed E-state index contributed by atoms with van der Waals surface area (Å²) in [4.78, 5) is 18.9. The van der Waals surface area contributed by atoms with Crippen LogP contribution in [-0.2, 0) is 24.9 Å². The molecule has 162 valence electrons. The van der Waals surface area contributed by atoms with Gasteiger partial charge in [0.1, 0.15) is 5.75 Å². The van der Waals surface area contributed by atoms with Gasteiger partial charge in [-0.2, -0.15) is 0 Å². The number of ether oxygens (including phenoxy) is 1. The van der Waals surface area contributed by atoms with Crippen LogP contribution < -0.4 is 9.64 Å². The van der Waals surface area contributed by atoms with E-state index in [1.165, 1.54) is 17.1 Å². The van der Waals surface area contributed by atoms with Crippen LogP contribution in [0.25, 0.3) is 0 Å². The Kier molecular flexibility index (Phi) is 6.32. The SMILES string of the molecule is CC(C)Oc1ccccc1N1CCN(Cc2ccc(CN3CCCC3=O)n2C)CC1. The largest absolute Gasteiger partial charge is 0.489 e. The van der Waals surface area contributed by atoms with Crippen LogP contribution in [0.2, 0.25) is 0 Å². The second kappa shape index (κ2) is 9.13. The molecule has 30 heavy (non-hydrogen) atoms. The number of hydrogen-bond acceptors (Lipinski definition) is 4. The predicted octanol–water partition coefficient (Wildman–Crippen LogP) is 3.26. The van der Waals surface area contributed by atoms with Crippen molar-refractivity contribution in [2.75, 3.05) is 37.6 Å². The Hall–Kier alpha value is -2.47. The van der Waals surface area contributed by atoms with Crippen molar-refractivity contribution in [3.05, 3.63) is 47.8 Å². The molecule has 0 bridgehead atoms. The predicted molar refractivity (Wildman–Crippen MR) is 120 cm³/mol. The Morgan fingerprint density at radius 2 is 1.63 bits per heavy atom. The number of carbonyl (C=O) groups excluding carboxylic acids is 1. The summed E-state index contributed by atoms with van der Waals surface area (Å²) in [5.74, 6) is 1.26. The molecule has 6 nitrogen and oxygen atoms in total. The molecule has 0 spiro atoms. The van der Waals surface area contributed by atoms with Crippen LogP contribution in [0.15, 0.2) is 36.4 Å². The molecule has 1 amide bonds. The van der Waals surface area contributed by atoms with Gasteiger partial charge in [-0.3, -0.25) is 9.69 Å². The molecule has 0 N–H and O–H groups in total. The number of carbonyl (C=O) groups is 1. The summed E-state index contributed by atoms with van der Waals surface area (Å²) in [6, 6.07) is 12.8. The first-order chi connectivity index (χ1) is 14.5. The Morgan fingerprint density at radius 3 is 2.30 bits per heavy atom. The Labute approximate surface area is 180 Å². The van der Waals surface area contributed by atoms with Crippen molar-refractivity contribution >= 4 is 11.6 Å². The summed E-state index contributed by atoms with van der Waals surface area (Å²) in [6.07, 6.45) is 1.87. The molecule has 1 aromatic heterocycles. The third-order valence-electron chi connectivity index (χ3n) is 6.18. The first-order valence-corrected chi connectivity index (χ1v) is 11.2. The number of anilines is 1. The highest BCUT2D eigenvalue weighted by Gasteiger charge is 2.23. The van der Waals surface area contributed by atoms with Gasteiger partial charge in [-0.1, -0.05) is 12.1 Å². The number of amides is 1. The zero-order valence-electron chi connectivity index (χ0n) is 18.5. The molecular formula is C24H34N4O2. The van der Waals surface area contributed by atoms with Crippen molar-refractivity contribution in [3.8, 4) is 5.75 Å². The highest BCUT2D eigenvalue weighted by molar-refractivity contribution is 5.78. The molecule has 0 unspecified atom stereocenters. The van der Waals surface area contributed by atoms with Crippen LogP contribution in [0.3, 0.4) is 0 Å². The summed E-state index contributed by atoms with van der Waals surface area (Å²) < 4.78 is 8.28. The molecule has 0 atom stereocenters. The lowest BCUT2D eigenvalue weighted by Crippen LogP contribution is -2.46. The highest BCUT2D eigenvalue weighted by atomic mass is 16.5. The quantitative estimate of drug-likeness (QED) is 0.703. The maximum Gasteiger partial charge on any atom is 0.222 e. The van der Waals surface area contributed by atoms with Crippen molar-refractivity contribution in [1.82, 2.24) is 14.4 Å². The maximum atomic E-state index is 11.9. The molecule has 2 aromatic rings. The minimum Gasteiger partial charge on any atom is -0.489 e. The van der Waals surface area contributed by atoms with Gasteiger partial charge in [0, 0.05) is 64.1 Å². The fourth-order valence-electron chi connectivity index (χ4n) is 4.43. The number of aromatic nitrogens is 1. The van der Waals surface area contributed by atoms with Crippen LogP contribution in [0, 0.1) is 0 Å². The van der Waals surface area contributed by atoms with Gasteiger partial charge in [0.05, 0.1) is 18.3 Å². The standard InChI is InChI=1S/C24H34N4O2/c1-19(2)30-23-8-5-4-7-22(23)27-15-13-26(14-16-27)17-20-10-11-21(25(20)3)18-28-12-6-9-24(28)29/h4-5,7-8,10-11,19H,6,9,12-18H2,1-3H3. The summed E-state index contributed by atoms with van der Waals surface area (Å²) >= 11 is 0. The van der Waals surface area contributed by atoms with E-state index in [1.54, 1.807) is 0 Å². The van der Waals surface area contributed by atoms with Crippen LogP contribution >= 0.6 is 0 Å². The lowest BCUT2D eigenvalue weighted by molar-refractivity contribution is -0.128. The van der Waals surface area contributed by atoms with Gasteiger partial charge < -0.3 is 19.1 Å². The van der Waals surface area contributed by atoms with Crippen molar-refractivity contribution in [2.45, 2.75) is 45.9 Å². The molecule has 1 aromatic carbocycles. The molecule has 0 radical (unpaired) electrons. The lowest BCUT2D eigenvalue weighted by Gasteiger charge is -2.37. The molecule has 2 aliphatic rings. The molecule has 4 rings (SSSR count). The average molecular weight is 411 g/mol.